The van der Waals surface area contributed by atoms with E-state index in [2.05, 4.69) is 39.8 Å². The minimum Gasteiger partial charge on any atom is -0.493 e. The number of nitrogens with two attached hydrogens (primary N) is 2. The topological polar surface area (TPSA) is 61.3 Å². The van der Waals surface area contributed by atoms with Crippen molar-refractivity contribution >= 4 is 0 Å². The first kappa shape index (κ1) is 15.3. The van der Waals surface area contributed by atoms with Crippen LogP contribution in [-0.4, -0.2) is 13.2 Å². The maximum atomic E-state index is 6.11. The van der Waals surface area contributed by atoms with Gasteiger partial charge in [-0.1, -0.05) is 26.8 Å². The SMILES string of the molecule is Cc1cc(C(N)CN)cc(C(C)(C)C)c1OCC1CC1. The summed E-state index contributed by atoms with van der Waals surface area (Å²) in [5.41, 5.74) is 15.3. The van der Waals surface area contributed by atoms with E-state index in [1.807, 2.05) is 0 Å². The van der Waals surface area contributed by atoms with Gasteiger partial charge in [-0.2, -0.15) is 0 Å². The molecule has 1 aliphatic rings. The van der Waals surface area contributed by atoms with Crippen molar-refractivity contribution in [1.82, 2.24) is 0 Å². The third-order valence-electron chi connectivity index (χ3n) is 3.95. The maximum absolute atomic E-state index is 6.11. The second-order valence-electron chi connectivity index (χ2n) is 7.06. The fourth-order valence-corrected chi connectivity index (χ4v) is 2.39. The summed E-state index contributed by atoms with van der Waals surface area (Å²) in [6, 6.07) is 4.19. The van der Waals surface area contributed by atoms with Gasteiger partial charge in [-0.3, -0.25) is 0 Å². The Morgan fingerprint density at radius 3 is 2.45 bits per heavy atom. The largest absolute Gasteiger partial charge is 0.493 e. The van der Waals surface area contributed by atoms with Crippen LogP contribution in [0.1, 0.15) is 56.3 Å². The van der Waals surface area contributed by atoms with Crippen molar-refractivity contribution in [3.8, 4) is 5.75 Å². The number of benzene rings is 1. The number of hydrogen-bond donors (Lipinski definition) is 2. The second-order valence-corrected chi connectivity index (χ2v) is 7.06. The predicted molar refractivity (Wildman–Crippen MR) is 84.1 cm³/mol. The summed E-state index contributed by atoms with van der Waals surface area (Å²) in [4.78, 5) is 0. The zero-order valence-electron chi connectivity index (χ0n) is 13.2. The first-order valence-corrected chi connectivity index (χ1v) is 7.56. The highest BCUT2D eigenvalue weighted by molar-refractivity contribution is 5.48. The van der Waals surface area contributed by atoms with E-state index in [1.54, 1.807) is 0 Å². The lowest BCUT2D eigenvalue weighted by atomic mass is 9.83. The highest BCUT2D eigenvalue weighted by atomic mass is 16.5. The number of ether oxygens (including phenoxy) is 1. The maximum Gasteiger partial charge on any atom is 0.125 e. The summed E-state index contributed by atoms with van der Waals surface area (Å²) >= 11 is 0. The van der Waals surface area contributed by atoms with Crippen molar-refractivity contribution in [2.75, 3.05) is 13.2 Å². The first-order chi connectivity index (χ1) is 9.32. The van der Waals surface area contributed by atoms with Crippen LogP contribution < -0.4 is 16.2 Å². The fraction of sp³-hybridized carbons (Fsp3) is 0.647. The lowest BCUT2D eigenvalue weighted by Gasteiger charge is -2.26. The Morgan fingerprint density at radius 1 is 1.30 bits per heavy atom. The number of hydrogen-bond acceptors (Lipinski definition) is 3. The third kappa shape index (κ3) is 3.53. The molecule has 1 aromatic rings. The van der Waals surface area contributed by atoms with Gasteiger partial charge in [0.05, 0.1) is 6.61 Å². The van der Waals surface area contributed by atoms with Gasteiger partial charge in [0, 0.05) is 18.2 Å². The second kappa shape index (κ2) is 5.74. The molecule has 0 aromatic heterocycles. The lowest BCUT2D eigenvalue weighted by Crippen LogP contribution is -2.23. The molecule has 3 nitrogen and oxygen atoms in total. The Kier molecular flexibility index (Phi) is 4.40. The van der Waals surface area contributed by atoms with Gasteiger partial charge in [0.2, 0.25) is 0 Å². The zero-order valence-corrected chi connectivity index (χ0v) is 13.2. The number of aryl methyl sites for hydroxylation is 1. The molecular weight excluding hydrogens is 248 g/mol. The van der Waals surface area contributed by atoms with E-state index in [-0.39, 0.29) is 11.5 Å². The van der Waals surface area contributed by atoms with Crippen LogP contribution in [0.15, 0.2) is 12.1 Å². The monoisotopic (exact) mass is 276 g/mol. The van der Waals surface area contributed by atoms with Crippen LogP contribution in [0.3, 0.4) is 0 Å². The van der Waals surface area contributed by atoms with Crippen molar-refractivity contribution in [1.29, 1.82) is 0 Å². The molecule has 0 amide bonds. The van der Waals surface area contributed by atoms with Crippen LogP contribution in [0.25, 0.3) is 0 Å². The molecule has 0 bridgehead atoms. The minimum atomic E-state index is -0.104. The van der Waals surface area contributed by atoms with E-state index in [0.29, 0.717) is 6.54 Å². The lowest BCUT2D eigenvalue weighted by molar-refractivity contribution is 0.290. The van der Waals surface area contributed by atoms with E-state index in [0.717, 1.165) is 29.4 Å². The Labute approximate surface area is 122 Å². The summed E-state index contributed by atoms with van der Waals surface area (Å²) < 4.78 is 6.11. The van der Waals surface area contributed by atoms with Gasteiger partial charge in [0.25, 0.3) is 0 Å². The molecule has 4 N–H and O–H groups in total. The van der Waals surface area contributed by atoms with E-state index < -0.39 is 0 Å². The van der Waals surface area contributed by atoms with Crippen LogP contribution in [-0.2, 0) is 5.41 Å². The standard InChI is InChI=1S/C17H28N2O/c1-11-7-13(15(19)9-18)8-14(17(2,3)4)16(11)20-10-12-5-6-12/h7-8,12,15H,5-6,9-10,18-19H2,1-4H3. The summed E-state index contributed by atoms with van der Waals surface area (Å²) in [6.45, 7) is 10.0. The molecule has 0 saturated heterocycles. The van der Waals surface area contributed by atoms with Gasteiger partial charge in [-0.25, -0.2) is 0 Å². The molecule has 20 heavy (non-hydrogen) atoms. The molecule has 1 unspecified atom stereocenters. The van der Waals surface area contributed by atoms with Crippen molar-refractivity contribution in [3.63, 3.8) is 0 Å². The van der Waals surface area contributed by atoms with Gasteiger partial charge in [0.15, 0.2) is 0 Å². The van der Waals surface area contributed by atoms with E-state index >= 15 is 0 Å². The molecule has 0 heterocycles. The van der Waals surface area contributed by atoms with Crippen LogP contribution in [0.4, 0.5) is 0 Å². The molecule has 2 rings (SSSR count). The van der Waals surface area contributed by atoms with Gasteiger partial charge >= 0.3 is 0 Å². The summed E-state index contributed by atoms with van der Waals surface area (Å²) in [7, 11) is 0. The third-order valence-corrected chi connectivity index (χ3v) is 3.95. The average Bonchev–Trinajstić information content (AvgIpc) is 3.18. The van der Waals surface area contributed by atoms with Crippen molar-refractivity contribution in [3.05, 3.63) is 28.8 Å². The van der Waals surface area contributed by atoms with Crippen LogP contribution >= 0.6 is 0 Å². The molecule has 1 atom stereocenters. The van der Waals surface area contributed by atoms with Crippen molar-refractivity contribution < 1.29 is 4.74 Å². The molecule has 1 fully saturated rings. The molecule has 112 valence electrons. The van der Waals surface area contributed by atoms with Crippen LogP contribution in [0.2, 0.25) is 0 Å². The summed E-state index contributed by atoms with van der Waals surface area (Å²) in [5, 5.41) is 0. The first-order valence-electron chi connectivity index (χ1n) is 7.56. The molecule has 1 saturated carbocycles. The van der Waals surface area contributed by atoms with Gasteiger partial charge < -0.3 is 16.2 Å². The summed E-state index contributed by atoms with van der Waals surface area (Å²) in [6.07, 6.45) is 2.61. The molecule has 0 radical (unpaired) electrons. The zero-order chi connectivity index (χ0) is 14.9. The van der Waals surface area contributed by atoms with Crippen LogP contribution in [0.5, 0.6) is 5.75 Å². The Balaban J connectivity index is 2.37. The van der Waals surface area contributed by atoms with Crippen molar-refractivity contribution in [2.45, 2.75) is 52.0 Å². The Bertz CT molecular complexity index is 473. The molecule has 1 aromatic carbocycles. The normalized spacial score (nSPS) is 17.1. The Morgan fingerprint density at radius 2 is 1.95 bits per heavy atom. The molecular formula is C17H28N2O. The highest BCUT2D eigenvalue weighted by Gasteiger charge is 2.26. The smallest absolute Gasteiger partial charge is 0.125 e. The quantitative estimate of drug-likeness (QED) is 0.869. The predicted octanol–water partition coefficient (Wildman–Crippen LogP) is 3.04. The molecule has 0 aliphatic heterocycles. The van der Waals surface area contributed by atoms with E-state index in [9.17, 15) is 0 Å². The minimum absolute atomic E-state index is 0.0357. The average molecular weight is 276 g/mol. The van der Waals surface area contributed by atoms with Gasteiger partial charge in [0.1, 0.15) is 5.75 Å². The number of rotatable bonds is 5. The van der Waals surface area contributed by atoms with Crippen molar-refractivity contribution in [2.24, 2.45) is 17.4 Å². The highest BCUT2D eigenvalue weighted by Crippen LogP contribution is 2.38. The fourth-order valence-electron chi connectivity index (χ4n) is 2.39. The molecule has 1 aliphatic carbocycles. The Hall–Kier alpha value is -1.06. The van der Waals surface area contributed by atoms with Gasteiger partial charge in [-0.05, 0) is 48.3 Å². The summed E-state index contributed by atoms with van der Waals surface area (Å²) in [5.74, 6) is 1.80. The van der Waals surface area contributed by atoms with Gasteiger partial charge in [-0.15, -0.1) is 0 Å². The van der Waals surface area contributed by atoms with E-state index in [1.165, 1.54) is 18.4 Å². The van der Waals surface area contributed by atoms with Crippen LogP contribution in [0, 0.1) is 12.8 Å². The van der Waals surface area contributed by atoms with E-state index in [4.69, 9.17) is 16.2 Å². The molecule has 0 spiro atoms. The molecule has 3 heteroatoms.